The molecule has 2 saturated heterocycles. The number of hydrogen-bond acceptors (Lipinski definition) is 15. The maximum Gasteiger partial charge on any atom is 0.249 e. The molecule has 3 aliphatic rings. The van der Waals surface area contributed by atoms with Crippen molar-refractivity contribution in [3.8, 4) is 0 Å². The van der Waals surface area contributed by atoms with Crippen LogP contribution in [0.25, 0.3) is 0 Å². The van der Waals surface area contributed by atoms with Gasteiger partial charge in [-0.2, -0.15) is 0 Å². The van der Waals surface area contributed by atoms with E-state index in [2.05, 4.69) is 5.32 Å². The lowest BCUT2D eigenvalue weighted by atomic mass is 9.83. The van der Waals surface area contributed by atoms with Crippen LogP contribution >= 0.6 is 0 Å². The molecule has 1 aromatic rings. The number of carbonyl (C=O) groups excluding carboxylic acids is 1. The zero-order valence-corrected chi connectivity index (χ0v) is 26.2. The molecule has 1 saturated carbocycles. The van der Waals surface area contributed by atoms with Crippen molar-refractivity contribution in [3.05, 3.63) is 35.9 Å². The number of rotatable bonds is 13. The number of likely N-dealkylation sites (N-methyl/N-ethyl adjacent to an activating group) is 1. The number of nitrogens with zero attached hydrogens (tertiary/aromatic N) is 1. The molecule has 1 aliphatic carbocycles. The third-order valence-corrected chi connectivity index (χ3v) is 9.06. The van der Waals surface area contributed by atoms with E-state index >= 15 is 0 Å². The highest BCUT2D eigenvalue weighted by Gasteiger charge is 2.52. The molecule has 14 N–H and O–H groups in total. The van der Waals surface area contributed by atoms with Gasteiger partial charge in [-0.25, -0.2) is 0 Å². The molecule has 0 aromatic heterocycles. The minimum Gasteiger partial charge on any atom is -0.394 e. The van der Waals surface area contributed by atoms with Gasteiger partial charge in [0.2, 0.25) is 5.91 Å². The van der Waals surface area contributed by atoms with Crippen molar-refractivity contribution in [1.29, 1.82) is 0 Å². The van der Waals surface area contributed by atoms with Crippen LogP contribution in [0.4, 0.5) is 0 Å². The first-order chi connectivity index (χ1) is 22.0. The molecule has 16 heteroatoms. The van der Waals surface area contributed by atoms with Crippen molar-refractivity contribution in [2.45, 2.75) is 118 Å². The number of amides is 1. The van der Waals surface area contributed by atoms with Crippen LogP contribution in [-0.2, 0) is 30.3 Å². The summed E-state index contributed by atoms with van der Waals surface area (Å²) in [5, 5.41) is 57.3. The molecule has 0 bridgehead atoms. The van der Waals surface area contributed by atoms with Crippen LogP contribution in [0.1, 0.15) is 31.2 Å². The minimum atomic E-state index is -1.51. The number of nitrogens with one attached hydrogen (secondary N) is 1. The second kappa shape index (κ2) is 17.0. The highest BCUT2D eigenvalue weighted by atomic mass is 16.7. The van der Waals surface area contributed by atoms with E-state index in [1.807, 2.05) is 30.3 Å². The smallest absolute Gasteiger partial charge is 0.249 e. The molecular weight excluding hydrogens is 604 g/mol. The molecule has 2 heterocycles. The summed E-state index contributed by atoms with van der Waals surface area (Å²) in [4.78, 5) is 14.6. The molecule has 4 rings (SSSR count). The largest absolute Gasteiger partial charge is 0.394 e. The normalized spacial score (nSPS) is 39.2. The van der Waals surface area contributed by atoms with Crippen LogP contribution in [0.5, 0.6) is 0 Å². The predicted molar refractivity (Wildman–Crippen MR) is 164 cm³/mol. The van der Waals surface area contributed by atoms with E-state index in [0.717, 1.165) is 5.56 Å². The zero-order valence-electron chi connectivity index (χ0n) is 26.2. The number of nitrogens with two attached hydrogens (primary N) is 4. The van der Waals surface area contributed by atoms with Gasteiger partial charge in [-0.3, -0.25) is 9.69 Å². The number of hydrogen-bond donors (Lipinski definition) is 10. The monoisotopic (exact) mass is 656 g/mol. The van der Waals surface area contributed by atoms with Gasteiger partial charge in [0, 0.05) is 19.1 Å². The van der Waals surface area contributed by atoms with Crippen LogP contribution < -0.4 is 28.3 Å². The third-order valence-electron chi connectivity index (χ3n) is 9.06. The van der Waals surface area contributed by atoms with Gasteiger partial charge >= 0.3 is 0 Å². The summed E-state index contributed by atoms with van der Waals surface area (Å²) in [5.74, 6) is -0.750. The molecule has 2 aliphatic heterocycles. The van der Waals surface area contributed by atoms with Crippen molar-refractivity contribution < 1.29 is 49.3 Å². The van der Waals surface area contributed by atoms with E-state index in [4.69, 9.17) is 41.9 Å². The number of ether oxygens (including phenoxy) is 4. The Bertz CT molecular complexity index is 1080. The highest BCUT2D eigenvalue weighted by Crippen LogP contribution is 2.33. The van der Waals surface area contributed by atoms with E-state index in [9.17, 15) is 30.3 Å². The maximum absolute atomic E-state index is 12.9. The standard InChI is InChI=1S/C30H52N6O10/c1-36(13-15-5-3-2-4-6-15)22-23(39)21(14-37)44-30(24(22)40)46-27-19(35-28(42)20(38)9-10-31)11-18(34)26(25(27)41)45-29-17(33)8-7-16(12-32)43-29/h2-6,16-27,29-30,37-41H,7-14,31-34H2,1H3,(H,35,42)/t16?,17?,18-,19+,20-,21?,22-,23+,24?,25?,26?,27-,29+,30+/m0/s1. The summed E-state index contributed by atoms with van der Waals surface area (Å²) in [7, 11) is 1.71. The first-order valence-corrected chi connectivity index (χ1v) is 15.9. The summed E-state index contributed by atoms with van der Waals surface area (Å²) in [6.45, 7) is 0.0847. The Morgan fingerprint density at radius 2 is 1.70 bits per heavy atom. The fourth-order valence-corrected chi connectivity index (χ4v) is 6.47. The van der Waals surface area contributed by atoms with Gasteiger partial charge < -0.3 is 72.7 Å². The topological polar surface area (TPSA) is 274 Å². The van der Waals surface area contributed by atoms with Gasteiger partial charge in [0.15, 0.2) is 12.6 Å². The second-order valence-corrected chi connectivity index (χ2v) is 12.5. The van der Waals surface area contributed by atoms with Crippen molar-refractivity contribution in [3.63, 3.8) is 0 Å². The van der Waals surface area contributed by atoms with E-state index < -0.39 is 92.0 Å². The summed E-state index contributed by atoms with van der Waals surface area (Å²) in [6, 6.07) is 6.14. The Hall–Kier alpha value is -1.87. The van der Waals surface area contributed by atoms with Gasteiger partial charge in [-0.1, -0.05) is 30.3 Å². The van der Waals surface area contributed by atoms with Crippen LogP contribution in [0.3, 0.4) is 0 Å². The van der Waals surface area contributed by atoms with Gasteiger partial charge in [0.1, 0.15) is 42.7 Å². The maximum atomic E-state index is 12.9. The molecule has 14 atom stereocenters. The Morgan fingerprint density at radius 1 is 1.00 bits per heavy atom. The average molecular weight is 657 g/mol. The molecule has 262 valence electrons. The first-order valence-electron chi connectivity index (χ1n) is 15.9. The van der Waals surface area contributed by atoms with Crippen molar-refractivity contribution in [2.75, 3.05) is 26.7 Å². The molecule has 3 fully saturated rings. The average Bonchev–Trinajstić information content (AvgIpc) is 3.03. The van der Waals surface area contributed by atoms with Crippen LogP contribution in [0.2, 0.25) is 0 Å². The molecule has 1 aromatic carbocycles. The quantitative estimate of drug-likeness (QED) is 0.0963. The summed E-state index contributed by atoms with van der Waals surface area (Å²) >= 11 is 0. The van der Waals surface area contributed by atoms with Gasteiger partial charge in [0.05, 0.1) is 30.8 Å². The van der Waals surface area contributed by atoms with Gasteiger partial charge in [0.25, 0.3) is 0 Å². The molecule has 0 spiro atoms. The lowest BCUT2D eigenvalue weighted by Crippen LogP contribution is -2.69. The van der Waals surface area contributed by atoms with Crippen molar-refractivity contribution >= 4 is 5.91 Å². The number of aliphatic hydroxyl groups excluding tert-OH is 5. The summed E-state index contributed by atoms with van der Waals surface area (Å²) < 4.78 is 24.1. The lowest BCUT2D eigenvalue weighted by molar-refractivity contribution is -0.322. The molecular formula is C30H52N6O10. The van der Waals surface area contributed by atoms with Crippen LogP contribution in [0.15, 0.2) is 30.3 Å². The fourth-order valence-electron chi connectivity index (χ4n) is 6.47. The Kier molecular flexibility index (Phi) is 13.6. The summed E-state index contributed by atoms with van der Waals surface area (Å²) in [5.41, 5.74) is 25.0. The molecule has 6 unspecified atom stereocenters. The van der Waals surface area contributed by atoms with Crippen molar-refractivity contribution in [1.82, 2.24) is 10.2 Å². The third kappa shape index (κ3) is 8.77. The highest BCUT2D eigenvalue weighted by molar-refractivity contribution is 5.80. The zero-order chi connectivity index (χ0) is 33.5. The number of carbonyl (C=O) groups is 1. The van der Waals surface area contributed by atoms with Gasteiger partial charge in [-0.15, -0.1) is 0 Å². The molecule has 16 nitrogen and oxygen atoms in total. The van der Waals surface area contributed by atoms with E-state index in [1.165, 1.54) is 0 Å². The minimum absolute atomic E-state index is 0.000412. The number of benzene rings is 1. The van der Waals surface area contributed by atoms with Crippen LogP contribution in [-0.4, -0.2) is 149 Å². The molecule has 1 amide bonds. The Morgan fingerprint density at radius 3 is 2.35 bits per heavy atom. The van der Waals surface area contributed by atoms with E-state index in [1.54, 1.807) is 11.9 Å². The Balaban J connectivity index is 1.58. The molecule has 46 heavy (non-hydrogen) atoms. The van der Waals surface area contributed by atoms with Crippen molar-refractivity contribution in [2.24, 2.45) is 22.9 Å². The SMILES string of the molecule is CN(Cc1ccccc1)[C@@H]1C(O)[C@@H](O[C@@H]2C(O)C(O[C@H]3OC(CN)CCC3N)[C@@H](N)C[C@H]2NC(=O)[C@@H](O)CCN)OC(CO)[C@H]1O. The van der Waals surface area contributed by atoms with Gasteiger partial charge in [-0.05, 0) is 44.8 Å². The van der Waals surface area contributed by atoms with Crippen LogP contribution in [0, 0.1) is 0 Å². The fraction of sp³-hybridized carbons (Fsp3) is 0.767. The van der Waals surface area contributed by atoms with E-state index in [-0.39, 0.29) is 32.0 Å². The number of aliphatic hydroxyl groups is 5. The second-order valence-electron chi connectivity index (χ2n) is 12.5. The predicted octanol–water partition coefficient (Wildman–Crippen LogP) is -4.23. The first kappa shape index (κ1) is 37.0. The Labute approximate surface area is 268 Å². The molecule has 0 radical (unpaired) electrons. The lowest BCUT2D eigenvalue weighted by Gasteiger charge is -2.50. The van der Waals surface area contributed by atoms with E-state index in [0.29, 0.717) is 19.4 Å². The summed E-state index contributed by atoms with van der Waals surface area (Å²) in [6.07, 6.45) is -10.6.